The van der Waals surface area contributed by atoms with E-state index in [1.165, 1.54) is 58.7 Å². The molecule has 12 aromatic rings. The zero-order chi connectivity index (χ0) is 41.7. The lowest BCUT2D eigenvalue weighted by molar-refractivity contribution is 1.18. The summed E-state index contributed by atoms with van der Waals surface area (Å²) in [7, 11) is 0. The smallest absolute Gasteiger partial charge is 0.0562 e. The number of fused-ring (bicyclic) bond motifs is 6. The number of thiophene rings is 1. The van der Waals surface area contributed by atoms with Gasteiger partial charge in [-0.2, -0.15) is 0 Å². The summed E-state index contributed by atoms with van der Waals surface area (Å²) in [6, 6.07) is 88.5. The highest BCUT2D eigenvalue weighted by molar-refractivity contribution is 7.26. The highest BCUT2D eigenvalue weighted by Gasteiger charge is 2.26. The van der Waals surface area contributed by atoms with Crippen molar-refractivity contribution in [2.24, 2.45) is 0 Å². The van der Waals surface area contributed by atoms with Gasteiger partial charge in [0.2, 0.25) is 0 Å². The number of nitrogens with zero attached hydrogens (tertiary/aromatic N) is 2. The van der Waals surface area contributed by atoms with Crippen LogP contribution >= 0.6 is 11.3 Å². The lowest BCUT2D eigenvalue weighted by Crippen LogP contribution is -2.13. The molecule has 0 saturated heterocycles. The summed E-state index contributed by atoms with van der Waals surface area (Å²) in [6.45, 7) is 0. The van der Waals surface area contributed by atoms with Crippen LogP contribution in [0, 0.1) is 0 Å². The summed E-state index contributed by atoms with van der Waals surface area (Å²) in [5.74, 6) is 0. The number of hydrogen-bond acceptors (Lipinski definition) is 2. The van der Waals surface area contributed by atoms with Crippen LogP contribution in [0.2, 0.25) is 0 Å². The van der Waals surface area contributed by atoms with Crippen molar-refractivity contribution in [1.29, 1.82) is 0 Å². The van der Waals surface area contributed by atoms with E-state index in [0.29, 0.717) is 0 Å². The van der Waals surface area contributed by atoms with E-state index >= 15 is 0 Å². The van der Waals surface area contributed by atoms with Gasteiger partial charge in [0.25, 0.3) is 0 Å². The first-order valence-corrected chi connectivity index (χ1v) is 22.3. The lowest BCUT2D eigenvalue weighted by atomic mass is 9.93. The van der Waals surface area contributed by atoms with Crippen LogP contribution in [0.25, 0.3) is 92.2 Å². The molecule has 0 aliphatic carbocycles. The van der Waals surface area contributed by atoms with Gasteiger partial charge in [0.15, 0.2) is 0 Å². The van der Waals surface area contributed by atoms with E-state index in [9.17, 15) is 0 Å². The molecule has 0 unspecified atom stereocenters. The minimum absolute atomic E-state index is 1.10. The average molecular weight is 821 g/mol. The third kappa shape index (κ3) is 6.33. The number of hydrogen-bond donors (Lipinski definition) is 0. The summed E-state index contributed by atoms with van der Waals surface area (Å²) in [5, 5.41) is 5.00. The van der Waals surface area contributed by atoms with E-state index in [-0.39, 0.29) is 0 Å². The minimum atomic E-state index is 1.10. The summed E-state index contributed by atoms with van der Waals surface area (Å²) in [4.78, 5) is 2.54. The van der Waals surface area contributed by atoms with E-state index in [1.54, 1.807) is 0 Å². The average Bonchev–Trinajstić information content (AvgIpc) is 3.92. The Morgan fingerprint density at radius 2 is 0.841 bits per heavy atom. The highest BCUT2D eigenvalue weighted by Crippen LogP contribution is 2.51. The maximum atomic E-state index is 2.54. The van der Waals surface area contributed by atoms with Gasteiger partial charge in [0.05, 0.1) is 28.1 Å². The van der Waals surface area contributed by atoms with Gasteiger partial charge in [-0.05, 0) is 94.0 Å². The Morgan fingerprint density at radius 1 is 0.317 bits per heavy atom. The molecular weight excluding hydrogens is 781 g/mol. The number of rotatable bonds is 8. The van der Waals surface area contributed by atoms with Gasteiger partial charge in [-0.15, -0.1) is 11.3 Å². The molecule has 63 heavy (non-hydrogen) atoms. The normalized spacial score (nSPS) is 11.5. The molecule has 2 nitrogen and oxygen atoms in total. The molecule has 296 valence electrons. The van der Waals surface area contributed by atoms with Crippen LogP contribution in [-0.2, 0) is 0 Å². The first kappa shape index (κ1) is 36.8. The van der Waals surface area contributed by atoms with Gasteiger partial charge >= 0.3 is 0 Å². The van der Waals surface area contributed by atoms with E-state index in [1.807, 2.05) is 11.3 Å². The molecule has 10 aromatic carbocycles. The predicted octanol–water partition coefficient (Wildman–Crippen LogP) is 17.3. The Hall–Kier alpha value is -7.98. The van der Waals surface area contributed by atoms with Crippen LogP contribution in [0.5, 0.6) is 0 Å². The zero-order valence-electron chi connectivity index (χ0n) is 34.4. The van der Waals surface area contributed by atoms with Crippen molar-refractivity contribution in [2.75, 3.05) is 4.90 Å². The van der Waals surface area contributed by atoms with Crippen molar-refractivity contribution in [1.82, 2.24) is 4.57 Å². The second kappa shape index (κ2) is 15.5. The maximum Gasteiger partial charge on any atom is 0.0562 e. The Labute approximate surface area is 370 Å². The molecule has 0 fully saturated rings. The molecule has 0 amide bonds. The molecular formula is C60H40N2S. The van der Waals surface area contributed by atoms with E-state index in [2.05, 4.69) is 252 Å². The fraction of sp³-hybridized carbons (Fsp3) is 0. The molecule has 0 aliphatic heterocycles. The van der Waals surface area contributed by atoms with Crippen LogP contribution in [0.15, 0.2) is 243 Å². The van der Waals surface area contributed by atoms with Crippen molar-refractivity contribution < 1.29 is 0 Å². The summed E-state index contributed by atoms with van der Waals surface area (Å²) >= 11 is 1.88. The summed E-state index contributed by atoms with van der Waals surface area (Å²) < 4.78 is 5.03. The van der Waals surface area contributed by atoms with E-state index in [4.69, 9.17) is 0 Å². The topological polar surface area (TPSA) is 8.17 Å². The fourth-order valence-corrected chi connectivity index (χ4v) is 10.8. The molecule has 0 atom stereocenters. The summed E-state index contributed by atoms with van der Waals surface area (Å²) in [5.41, 5.74) is 16.2. The van der Waals surface area contributed by atoms with Crippen molar-refractivity contribution in [3.8, 4) is 50.2 Å². The first-order valence-electron chi connectivity index (χ1n) is 21.5. The SMILES string of the molecule is c1ccc(-c2ccc(N(c3ccc(-c4cccc5c4sc4ccccc45)cc3-c3ccccc3)c3cccc4c3c3ccccc3n4-c3ccccc3)c(-c3ccccc3)c2)cc1. The van der Waals surface area contributed by atoms with Crippen LogP contribution in [-0.4, -0.2) is 4.57 Å². The van der Waals surface area contributed by atoms with Crippen molar-refractivity contribution in [3.63, 3.8) is 0 Å². The van der Waals surface area contributed by atoms with Crippen molar-refractivity contribution in [2.45, 2.75) is 0 Å². The van der Waals surface area contributed by atoms with Gasteiger partial charge in [-0.3, -0.25) is 0 Å². The molecule has 0 spiro atoms. The molecule has 2 aromatic heterocycles. The molecule has 2 heterocycles. The molecule has 0 radical (unpaired) electrons. The van der Waals surface area contributed by atoms with Crippen LogP contribution in [0.4, 0.5) is 17.1 Å². The molecule has 0 saturated carbocycles. The summed E-state index contributed by atoms with van der Waals surface area (Å²) in [6.07, 6.45) is 0. The number of benzene rings is 10. The number of anilines is 3. The molecule has 0 bridgehead atoms. The molecule has 12 rings (SSSR count). The van der Waals surface area contributed by atoms with Crippen LogP contribution in [0.3, 0.4) is 0 Å². The maximum absolute atomic E-state index is 2.54. The third-order valence-corrected chi connectivity index (χ3v) is 13.6. The van der Waals surface area contributed by atoms with Crippen molar-refractivity contribution in [3.05, 3.63) is 243 Å². The van der Waals surface area contributed by atoms with Crippen LogP contribution < -0.4 is 4.90 Å². The quantitative estimate of drug-likeness (QED) is 0.148. The third-order valence-electron chi connectivity index (χ3n) is 12.4. The predicted molar refractivity (Wildman–Crippen MR) is 270 cm³/mol. The first-order chi connectivity index (χ1) is 31.3. The van der Waals surface area contributed by atoms with Gasteiger partial charge in [0.1, 0.15) is 0 Å². The number of para-hydroxylation sites is 2. The standard InChI is InChI=1S/C60H40N2S/c1-5-19-41(20-6-1)44-35-37-54(51(39-44)42-21-7-2-8-22-42)62(57-33-18-32-56-59(57)50-28-13-15-31-53(50)61(56)46-25-11-4-12-26-46)55-38-36-45(40-52(55)43-23-9-3-10-24-43)47-29-17-30-49-48-27-14-16-34-58(48)63-60(47)49/h1-40H. The van der Waals surface area contributed by atoms with E-state index in [0.717, 1.165) is 50.5 Å². The second-order valence-electron chi connectivity index (χ2n) is 16.0. The van der Waals surface area contributed by atoms with Gasteiger partial charge < -0.3 is 9.47 Å². The van der Waals surface area contributed by atoms with Gasteiger partial charge in [0, 0.05) is 47.8 Å². The molecule has 3 heteroatoms. The molecule has 0 aliphatic rings. The zero-order valence-corrected chi connectivity index (χ0v) is 35.2. The molecule has 0 N–H and O–H groups in total. The number of aromatic nitrogens is 1. The Kier molecular flexibility index (Phi) is 9.06. The van der Waals surface area contributed by atoms with E-state index < -0.39 is 0 Å². The monoisotopic (exact) mass is 820 g/mol. The highest BCUT2D eigenvalue weighted by atomic mass is 32.1. The largest absolute Gasteiger partial charge is 0.309 e. The van der Waals surface area contributed by atoms with Crippen molar-refractivity contribution >= 4 is 70.4 Å². The van der Waals surface area contributed by atoms with Gasteiger partial charge in [-0.25, -0.2) is 0 Å². The Morgan fingerprint density at radius 3 is 1.54 bits per heavy atom. The Bertz CT molecular complexity index is 3610. The van der Waals surface area contributed by atoms with Crippen LogP contribution in [0.1, 0.15) is 0 Å². The Balaban J connectivity index is 1.18. The fourth-order valence-electron chi connectivity index (χ4n) is 9.54. The van der Waals surface area contributed by atoms with Gasteiger partial charge in [-0.1, -0.05) is 182 Å². The minimum Gasteiger partial charge on any atom is -0.309 e. The lowest BCUT2D eigenvalue weighted by Gasteiger charge is -2.31. The second-order valence-corrected chi connectivity index (χ2v) is 17.1.